The molecule has 0 spiro atoms. The van der Waals surface area contributed by atoms with Crippen molar-refractivity contribution >= 4 is 8.07 Å². The maximum Gasteiger partial charge on any atom is 0.0578 e. The van der Waals surface area contributed by atoms with Crippen molar-refractivity contribution in [1.29, 1.82) is 0 Å². The third-order valence-corrected chi connectivity index (χ3v) is 5.24. The largest absolute Gasteiger partial charge is 0.393 e. The molecular weight excluding hydrogens is 188 g/mol. The zero-order valence-electron chi connectivity index (χ0n) is 10.4. The summed E-state index contributed by atoms with van der Waals surface area (Å²) in [5.41, 5.74) is 0.416. The maximum absolute atomic E-state index is 10.1. The molecule has 0 fully saturated rings. The fourth-order valence-electron chi connectivity index (χ4n) is 1.79. The number of aliphatic hydroxyl groups excluding tert-OH is 1. The van der Waals surface area contributed by atoms with Crippen LogP contribution in [0.3, 0.4) is 0 Å². The number of hydrogen-bond donors (Lipinski definition) is 1. The van der Waals surface area contributed by atoms with Crippen molar-refractivity contribution in [3.8, 4) is 0 Å². The van der Waals surface area contributed by atoms with Gasteiger partial charge in [0, 0.05) is 0 Å². The zero-order valence-corrected chi connectivity index (χ0v) is 11.4. The number of unbranched alkanes of at least 4 members (excludes halogenated alkanes) is 1. The molecule has 0 aliphatic carbocycles. The molecule has 1 nitrogen and oxygen atoms in total. The molecule has 0 heterocycles. The van der Waals surface area contributed by atoms with Crippen LogP contribution < -0.4 is 0 Å². The van der Waals surface area contributed by atoms with Crippen LogP contribution in [-0.4, -0.2) is 19.3 Å². The lowest BCUT2D eigenvalue weighted by molar-refractivity contribution is 0.162. The molecule has 1 N–H and O–H groups in total. The Labute approximate surface area is 90.2 Å². The first kappa shape index (κ1) is 13.9. The lowest BCUT2D eigenvalue weighted by Crippen LogP contribution is -2.35. The smallest absolute Gasteiger partial charge is 0.0578 e. The van der Waals surface area contributed by atoms with Gasteiger partial charge >= 0.3 is 0 Å². The molecule has 2 atom stereocenters. The van der Waals surface area contributed by atoms with E-state index in [2.05, 4.69) is 38.7 Å². The molecule has 0 rings (SSSR count). The highest BCUT2D eigenvalue weighted by Crippen LogP contribution is 2.29. The van der Waals surface area contributed by atoms with E-state index in [1.165, 1.54) is 6.42 Å². The Kier molecular flexibility index (Phi) is 6.37. The van der Waals surface area contributed by atoms with E-state index in [9.17, 15) is 5.11 Å². The van der Waals surface area contributed by atoms with Crippen LogP contribution in [-0.2, 0) is 0 Å². The molecule has 14 heavy (non-hydrogen) atoms. The Morgan fingerprint density at radius 2 is 1.86 bits per heavy atom. The van der Waals surface area contributed by atoms with Crippen molar-refractivity contribution in [2.75, 3.05) is 0 Å². The summed E-state index contributed by atoms with van der Waals surface area (Å²) in [6.07, 6.45) is 7.42. The van der Waals surface area contributed by atoms with Gasteiger partial charge in [-0.1, -0.05) is 51.6 Å². The third kappa shape index (κ3) is 4.96. The van der Waals surface area contributed by atoms with Gasteiger partial charge in [-0.3, -0.25) is 0 Å². The SMILES string of the molecule is C/C=C\[C@H]([C@@H](O)CCCC)[Si](C)(C)C. The predicted molar refractivity (Wildman–Crippen MR) is 67.4 cm³/mol. The summed E-state index contributed by atoms with van der Waals surface area (Å²) in [4.78, 5) is 0. The summed E-state index contributed by atoms with van der Waals surface area (Å²) in [6, 6.07) is 0. The van der Waals surface area contributed by atoms with Gasteiger partial charge in [-0.2, -0.15) is 0 Å². The predicted octanol–water partition coefficient (Wildman–Crippen LogP) is 3.82. The average Bonchev–Trinajstić information content (AvgIpc) is 2.08. The first-order valence-electron chi connectivity index (χ1n) is 5.74. The number of allylic oxidation sites excluding steroid dienone is 1. The molecule has 0 aromatic heterocycles. The Bertz CT molecular complexity index is 170. The van der Waals surface area contributed by atoms with Crippen LogP contribution in [0.5, 0.6) is 0 Å². The van der Waals surface area contributed by atoms with Crippen LogP contribution in [0.4, 0.5) is 0 Å². The molecule has 0 aliphatic heterocycles. The van der Waals surface area contributed by atoms with Gasteiger partial charge in [0.1, 0.15) is 0 Å². The molecular formula is C12H26OSi. The summed E-state index contributed by atoms with van der Waals surface area (Å²) in [6.45, 7) is 11.2. The van der Waals surface area contributed by atoms with E-state index < -0.39 is 8.07 Å². The summed E-state index contributed by atoms with van der Waals surface area (Å²) in [5, 5.41) is 10.1. The summed E-state index contributed by atoms with van der Waals surface area (Å²) in [5.74, 6) is 0. The van der Waals surface area contributed by atoms with Crippen LogP contribution in [0.2, 0.25) is 25.2 Å². The van der Waals surface area contributed by atoms with Gasteiger partial charge in [-0.15, -0.1) is 0 Å². The molecule has 0 amide bonds. The van der Waals surface area contributed by atoms with Crippen molar-refractivity contribution in [3.05, 3.63) is 12.2 Å². The second-order valence-electron chi connectivity index (χ2n) is 5.13. The van der Waals surface area contributed by atoms with E-state index in [0.29, 0.717) is 5.54 Å². The molecule has 0 radical (unpaired) electrons. The van der Waals surface area contributed by atoms with E-state index in [1.807, 2.05) is 6.92 Å². The minimum absolute atomic E-state index is 0.127. The molecule has 0 unspecified atom stereocenters. The van der Waals surface area contributed by atoms with E-state index in [1.54, 1.807) is 0 Å². The topological polar surface area (TPSA) is 20.2 Å². The maximum atomic E-state index is 10.1. The van der Waals surface area contributed by atoms with Crippen LogP contribution >= 0.6 is 0 Å². The molecule has 2 heteroatoms. The first-order chi connectivity index (χ1) is 6.43. The fourth-order valence-corrected chi connectivity index (χ4v) is 3.89. The van der Waals surface area contributed by atoms with E-state index in [-0.39, 0.29) is 6.10 Å². The fraction of sp³-hybridized carbons (Fsp3) is 0.833. The number of rotatable bonds is 6. The lowest BCUT2D eigenvalue weighted by Gasteiger charge is -2.30. The molecule has 0 bridgehead atoms. The van der Waals surface area contributed by atoms with Crippen molar-refractivity contribution in [2.24, 2.45) is 0 Å². The van der Waals surface area contributed by atoms with Crippen molar-refractivity contribution in [1.82, 2.24) is 0 Å². The van der Waals surface area contributed by atoms with Gasteiger partial charge in [0.2, 0.25) is 0 Å². The van der Waals surface area contributed by atoms with E-state index in [4.69, 9.17) is 0 Å². The standard InChI is InChI=1S/C12H26OSi/c1-6-8-10-11(13)12(9-7-2)14(3,4)5/h7,9,11-13H,6,8,10H2,1-5H3/b9-7-/t11-,12+/m0/s1. The Morgan fingerprint density at radius 1 is 1.29 bits per heavy atom. The van der Waals surface area contributed by atoms with Crippen molar-refractivity contribution in [2.45, 2.75) is 64.4 Å². The summed E-state index contributed by atoms with van der Waals surface area (Å²) in [7, 11) is -1.26. The Hall–Kier alpha value is -0.0831. The summed E-state index contributed by atoms with van der Waals surface area (Å²) >= 11 is 0. The van der Waals surface area contributed by atoms with Crippen LogP contribution in [0, 0.1) is 0 Å². The van der Waals surface area contributed by atoms with Gasteiger partial charge < -0.3 is 5.11 Å². The molecule has 0 saturated carbocycles. The van der Waals surface area contributed by atoms with Gasteiger partial charge in [0.25, 0.3) is 0 Å². The minimum atomic E-state index is -1.26. The Morgan fingerprint density at radius 3 is 2.21 bits per heavy atom. The van der Waals surface area contributed by atoms with Gasteiger partial charge in [-0.05, 0) is 18.9 Å². The van der Waals surface area contributed by atoms with Gasteiger partial charge in [0.15, 0.2) is 0 Å². The first-order valence-corrected chi connectivity index (χ1v) is 9.32. The Balaban J connectivity index is 4.34. The van der Waals surface area contributed by atoms with Gasteiger partial charge in [-0.25, -0.2) is 0 Å². The molecule has 84 valence electrons. The third-order valence-electron chi connectivity index (χ3n) is 2.67. The van der Waals surface area contributed by atoms with Crippen LogP contribution in [0.15, 0.2) is 12.2 Å². The average molecular weight is 214 g/mol. The monoisotopic (exact) mass is 214 g/mol. The van der Waals surface area contributed by atoms with Crippen LogP contribution in [0.25, 0.3) is 0 Å². The highest BCUT2D eigenvalue weighted by atomic mass is 28.3. The zero-order chi connectivity index (χ0) is 11.2. The highest BCUT2D eigenvalue weighted by molar-refractivity contribution is 6.78. The van der Waals surface area contributed by atoms with E-state index in [0.717, 1.165) is 12.8 Å². The van der Waals surface area contributed by atoms with E-state index >= 15 is 0 Å². The van der Waals surface area contributed by atoms with Crippen LogP contribution in [0.1, 0.15) is 33.1 Å². The highest BCUT2D eigenvalue weighted by Gasteiger charge is 2.29. The van der Waals surface area contributed by atoms with Crippen molar-refractivity contribution in [3.63, 3.8) is 0 Å². The number of aliphatic hydroxyl groups is 1. The number of hydrogen-bond acceptors (Lipinski definition) is 1. The normalized spacial score (nSPS) is 17.3. The van der Waals surface area contributed by atoms with Crippen molar-refractivity contribution < 1.29 is 5.11 Å². The second-order valence-corrected chi connectivity index (χ2v) is 10.5. The molecule has 0 saturated heterocycles. The molecule has 0 aliphatic rings. The minimum Gasteiger partial charge on any atom is -0.393 e. The quantitative estimate of drug-likeness (QED) is 0.526. The van der Waals surface area contributed by atoms with Gasteiger partial charge in [0.05, 0.1) is 14.2 Å². The second kappa shape index (κ2) is 6.41. The molecule has 0 aromatic rings. The lowest BCUT2D eigenvalue weighted by atomic mass is 10.1. The summed E-state index contributed by atoms with van der Waals surface area (Å²) < 4.78 is 0. The molecule has 0 aromatic carbocycles.